The molecule has 190 valence electrons. The minimum atomic E-state index is -3.16. The van der Waals surface area contributed by atoms with Crippen molar-refractivity contribution in [3.05, 3.63) is 140 Å². The summed E-state index contributed by atoms with van der Waals surface area (Å²) in [5.74, 6) is 1.55. The van der Waals surface area contributed by atoms with E-state index in [0.29, 0.717) is 5.44 Å². The molecule has 0 saturated heterocycles. The number of aromatic nitrogens is 2. The molecule has 0 saturated carbocycles. The Balaban J connectivity index is 1.37. The maximum Gasteiger partial charge on any atom is 0.189 e. The number of para-hydroxylation sites is 2. The minimum absolute atomic E-state index is 0.610. The lowest BCUT2D eigenvalue weighted by Gasteiger charge is -2.16. The van der Waals surface area contributed by atoms with Crippen molar-refractivity contribution in [3.8, 4) is 28.3 Å². The van der Waals surface area contributed by atoms with Crippen LogP contribution in [0.25, 0.3) is 38.6 Å². The van der Waals surface area contributed by atoms with E-state index in [1.54, 1.807) is 6.20 Å². The third kappa shape index (κ3) is 3.33. The number of pyridine rings is 1. The Labute approximate surface area is 231 Å². The summed E-state index contributed by atoms with van der Waals surface area (Å²) in [6, 6.07) is 44.4. The molecule has 0 spiro atoms. The SMILES string of the molecule is O=P1(c2ccccn2)c2ccccc2-c2ccc(-n3c4ccccc4c4ccc(Oc5ccccc5)cc43)cc21. The molecule has 4 nitrogen and oxygen atoms in total. The molecule has 0 radical (unpaired) electrons. The second-order valence-corrected chi connectivity index (χ2v) is 12.6. The smallest absolute Gasteiger partial charge is 0.189 e. The average molecular weight is 535 g/mol. The summed E-state index contributed by atoms with van der Waals surface area (Å²) in [5.41, 5.74) is 5.68. The van der Waals surface area contributed by atoms with E-state index in [-0.39, 0.29) is 0 Å². The van der Waals surface area contributed by atoms with Gasteiger partial charge in [0.25, 0.3) is 0 Å². The summed E-state index contributed by atoms with van der Waals surface area (Å²) in [6.07, 6.45) is 1.72. The average Bonchev–Trinajstić information content (AvgIpc) is 3.48. The van der Waals surface area contributed by atoms with E-state index in [1.165, 1.54) is 0 Å². The van der Waals surface area contributed by atoms with E-state index in [0.717, 1.165) is 60.7 Å². The van der Waals surface area contributed by atoms with Crippen LogP contribution in [0, 0.1) is 0 Å². The van der Waals surface area contributed by atoms with E-state index in [9.17, 15) is 0 Å². The highest BCUT2D eigenvalue weighted by Crippen LogP contribution is 2.52. The van der Waals surface area contributed by atoms with Crippen LogP contribution in [0.1, 0.15) is 0 Å². The van der Waals surface area contributed by atoms with Gasteiger partial charge in [-0.3, -0.25) is 4.98 Å². The monoisotopic (exact) mass is 534 g/mol. The van der Waals surface area contributed by atoms with Gasteiger partial charge in [-0.25, -0.2) is 0 Å². The van der Waals surface area contributed by atoms with E-state index < -0.39 is 7.14 Å². The Hall–Kier alpha value is -4.92. The first-order chi connectivity index (χ1) is 19.7. The first-order valence-electron chi connectivity index (χ1n) is 13.2. The van der Waals surface area contributed by atoms with Crippen LogP contribution in [0.5, 0.6) is 11.5 Å². The zero-order valence-electron chi connectivity index (χ0n) is 21.4. The van der Waals surface area contributed by atoms with Gasteiger partial charge in [0.15, 0.2) is 7.14 Å². The van der Waals surface area contributed by atoms with Gasteiger partial charge in [-0.1, -0.05) is 72.8 Å². The first kappa shape index (κ1) is 23.0. The second-order valence-electron chi connectivity index (χ2n) is 9.96. The number of rotatable bonds is 4. The van der Waals surface area contributed by atoms with Gasteiger partial charge in [0.05, 0.1) is 11.0 Å². The fourth-order valence-corrected chi connectivity index (χ4v) is 8.91. The molecule has 1 unspecified atom stereocenters. The molecular formula is C35H23N2O2P. The summed E-state index contributed by atoms with van der Waals surface area (Å²) in [6.45, 7) is 0. The van der Waals surface area contributed by atoms with Crippen LogP contribution in [0.4, 0.5) is 0 Å². The van der Waals surface area contributed by atoms with E-state index in [4.69, 9.17) is 4.74 Å². The highest BCUT2D eigenvalue weighted by molar-refractivity contribution is 7.86. The molecule has 5 aromatic carbocycles. The fourth-order valence-electron chi connectivity index (χ4n) is 5.96. The van der Waals surface area contributed by atoms with Crippen molar-refractivity contribution in [1.29, 1.82) is 0 Å². The molecular weight excluding hydrogens is 511 g/mol. The first-order valence-corrected chi connectivity index (χ1v) is 15.0. The van der Waals surface area contributed by atoms with E-state index in [1.807, 2.05) is 72.8 Å². The van der Waals surface area contributed by atoms with Crippen molar-refractivity contribution in [1.82, 2.24) is 9.55 Å². The van der Waals surface area contributed by atoms with Crippen molar-refractivity contribution < 1.29 is 9.30 Å². The van der Waals surface area contributed by atoms with Crippen LogP contribution in [0.3, 0.4) is 0 Å². The summed E-state index contributed by atoms with van der Waals surface area (Å²) >= 11 is 0. The zero-order chi connectivity index (χ0) is 26.7. The second kappa shape index (κ2) is 8.81. The molecule has 7 aromatic rings. The molecule has 0 amide bonds. The molecule has 40 heavy (non-hydrogen) atoms. The van der Waals surface area contributed by atoms with Crippen LogP contribution in [0.15, 0.2) is 140 Å². The summed E-state index contributed by atoms with van der Waals surface area (Å²) in [5, 5.41) is 3.96. The minimum Gasteiger partial charge on any atom is -0.457 e. The Morgan fingerprint density at radius 3 is 2.20 bits per heavy atom. The summed E-state index contributed by atoms with van der Waals surface area (Å²) in [4.78, 5) is 4.59. The maximum absolute atomic E-state index is 15.1. The topological polar surface area (TPSA) is 44.1 Å². The molecule has 8 rings (SSSR count). The van der Waals surface area contributed by atoms with Crippen molar-refractivity contribution in [2.75, 3.05) is 0 Å². The van der Waals surface area contributed by atoms with Gasteiger partial charge >= 0.3 is 0 Å². The van der Waals surface area contributed by atoms with Crippen molar-refractivity contribution in [2.24, 2.45) is 0 Å². The third-order valence-corrected chi connectivity index (χ3v) is 10.7. The van der Waals surface area contributed by atoms with Crippen LogP contribution in [0.2, 0.25) is 0 Å². The highest BCUT2D eigenvalue weighted by Gasteiger charge is 2.41. The normalized spacial score (nSPS) is 15.7. The van der Waals surface area contributed by atoms with Crippen molar-refractivity contribution >= 4 is 45.0 Å². The molecule has 1 aliphatic heterocycles. The van der Waals surface area contributed by atoms with Gasteiger partial charge < -0.3 is 13.9 Å². The molecule has 0 fully saturated rings. The largest absolute Gasteiger partial charge is 0.457 e. The summed E-state index contributed by atoms with van der Waals surface area (Å²) in [7, 11) is -3.16. The maximum atomic E-state index is 15.1. The Morgan fingerprint density at radius 1 is 0.575 bits per heavy atom. The van der Waals surface area contributed by atoms with Crippen molar-refractivity contribution in [2.45, 2.75) is 0 Å². The number of benzene rings is 5. The number of nitrogens with zero attached hydrogens (tertiary/aromatic N) is 2. The highest BCUT2D eigenvalue weighted by atomic mass is 31.2. The van der Waals surface area contributed by atoms with Crippen LogP contribution < -0.4 is 20.8 Å². The number of hydrogen-bond donors (Lipinski definition) is 0. The standard InChI is InChI=1S/C35H23N2O2P/c38-40(35-16-8-9-21-36-35)33-15-7-5-13-29(33)30-19-17-24(22-34(30)40)37-31-14-6-4-12-27(31)28-20-18-26(23-32(28)37)39-25-10-2-1-3-11-25/h1-23H. The Bertz CT molecular complexity index is 2120. The number of ether oxygens (including phenoxy) is 1. The third-order valence-electron chi connectivity index (χ3n) is 7.71. The summed E-state index contributed by atoms with van der Waals surface area (Å²) < 4.78 is 23.5. The molecule has 2 aromatic heterocycles. The Morgan fingerprint density at radius 2 is 1.32 bits per heavy atom. The molecule has 0 bridgehead atoms. The lowest BCUT2D eigenvalue weighted by molar-refractivity contribution is 0.483. The lowest BCUT2D eigenvalue weighted by atomic mass is 10.1. The van der Waals surface area contributed by atoms with Gasteiger partial charge in [-0.05, 0) is 65.7 Å². The van der Waals surface area contributed by atoms with Gasteiger partial charge in [0.2, 0.25) is 0 Å². The lowest BCUT2D eigenvalue weighted by Crippen LogP contribution is -2.23. The molecule has 0 aliphatic carbocycles. The number of hydrogen-bond acceptors (Lipinski definition) is 3. The van der Waals surface area contributed by atoms with E-state index >= 15 is 4.57 Å². The van der Waals surface area contributed by atoms with Crippen LogP contribution in [-0.4, -0.2) is 9.55 Å². The van der Waals surface area contributed by atoms with E-state index in [2.05, 4.69) is 70.2 Å². The molecule has 1 aliphatic rings. The molecule has 3 heterocycles. The fraction of sp³-hybridized carbons (Fsp3) is 0. The van der Waals surface area contributed by atoms with Gasteiger partial charge in [0.1, 0.15) is 16.9 Å². The zero-order valence-corrected chi connectivity index (χ0v) is 22.3. The van der Waals surface area contributed by atoms with Crippen molar-refractivity contribution in [3.63, 3.8) is 0 Å². The quantitative estimate of drug-likeness (QED) is 0.219. The predicted molar refractivity (Wildman–Crippen MR) is 163 cm³/mol. The molecule has 1 atom stereocenters. The van der Waals surface area contributed by atoms with Gasteiger partial charge in [0, 0.05) is 39.3 Å². The Kier molecular flexibility index (Phi) is 5.07. The molecule has 0 N–H and O–H groups in total. The molecule has 5 heteroatoms. The van der Waals surface area contributed by atoms with Gasteiger partial charge in [-0.2, -0.15) is 0 Å². The van der Waals surface area contributed by atoms with Crippen LogP contribution >= 0.6 is 7.14 Å². The number of fused-ring (bicyclic) bond motifs is 6. The van der Waals surface area contributed by atoms with Gasteiger partial charge in [-0.15, -0.1) is 0 Å². The predicted octanol–water partition coefficient (Wildman–Crippen LogP) is 7.59. The van der Waals surface area contributed by atoms with Crippen LogP contribution in [-0.2, 0) is 4.57 Å².